The molecule has 0 saturated carbocycles. The van der Waals surface area contributed by atoms with E-state index in [0.717, 1.165) is 54.7 Å². The van der Waals surface area contributed by atoms with E-state index in [4.69, 9.17) is 14.2 Å². The second-order valence-electron chi connectivity index (χ2n) is 11.9. The van der Waals surface area contributed by atoms with Crippen molar-refractivity contribution in [2.24, 2.45) is 5.92 Å². The summed E-state index contributed by atoms with van der Waals surface area (Å²) >= 11 is 0. The quantitative estimate of drug-likeness (QED) is 0.536. The number of likely N-dealkylation sites (tertiary alicyclic amines) is 1. The Bertz CT molecular complexity index is 1250. The summed E-state index contributed by atoms with van der Waals surface area (Å²) < 4.78 is 42.5. The summed E-state index contributed by atoms with van der Waals surface area (Å²) in [5, 5.41) is 0. The molecule has 38 heavy (non-hydrogen) atoms. The number of aryl methyl sites for hydroxylation is 1. The first-order valence-corrected chi connectivity index (χ1v) is 15.3. The highest BCUT2D eigenvalue weighted by Crippen LogP contribution is 2.41. The maximum atomic E-state index is 12.6. The third-order valence-corrected chi connectivity index (χ3v) is 9.34. The fraction of sp³-hybridized carbons (Fsp3) is 0.586. The molecule has 1 aromatic carbocycles. The summed E-state index contributed by atoms with van der Waals surface area (Å²) in [6.07, 6.45) is 5.59. The van der Waals surface area contributed by atoms with Gasteiger partial charge in [0.25, 0.3) is 0 Å². The van der Waals surface area contributed by atoms with Crippen molar-refractivity contribution < 1.29 is 27.4 Å². The first kappa shape index (κ1) is 26.9. The molecule has 1 spiro atoms. The molecular formula is C29H38N2O6S. The third kappa shape index (κ3) is 6.49. The molecule has 8 nitrogen and oxygen atoms in total. The van der Waals surface area contributed by atoms with Crippen LogP contribution in [0.2, 0.25) is 0 Å². The molecule has 0 aliphatic carbocycles. The summed E-state index contributed by atoms with van der Waals surface area (Å²) in [4.78, 5) is 18.8. The van der Waals surface area contributed by atoms with Crippen molar-refractivity contribution in [1.29, 1.82) is 0 Å². The van der Waals surface area contributed by atoms with E-state index in [9.17, 15) is 13.2 Å². The highest BCUT2D eigenvalue weighted by Gasteiger charge is 2.41. The molecule has 3 aliphatic rings. The maximum absolute atomic E-state index is 12.6. The van der Waals surface area contributed by atoms with Gasteiger partial charge in [0.1, 0.15) is 17.0 Å². The molecule has 1 unspecified atom stereocenters. The van der Waals surface area contributed by atoms with Gasteiger partial charge in [-0.05, 0) is 81.3 Å². The van der Waals surface area contributed by atoms with E-state index in [0.29, 0.717) is 31.9 Å². The molecule has 206 valence electrons. The van der Waals surface area contributed by atoms with Crippen LogP contribution in [0.4, 0.5) is 4.79 Å². The summed E-state index contributed by atoms with van der Waals surface area (Å²) in [5.74, 6) is 1.16. The van der Waals surface area contributed by atoms with Crippen LogP contribution in [0.25, 0.3) is 11.3 Å². The van der Waals surface area contributed by atoms with Crippen molar-refractivity contribution in [2.45, 2.75) is 69.8 Å². The van der Waals surface area contributed by atoms with Gasteiger partial charge in [-0.2, -0.15) is 0 Å². The molecular weight excluding hydrogens is 504 g/mol. The van der Waals surface area contributed by atoms with Crippen molar-refractivity contribution in [3.63, 3.8) is 0 Å². The lowest BCUT2D eigenvalue weighted by Gasteiger charge is -2.44. The average molecular weight is 543 g/mol. The smallest absolute Gasteiger partial charge is 0.410 e. The molecule has 2 saturated heterocycles. The number of pyridine rings is 1. The van der Waals surface area contributed by atoms with Gasteiger partial charge in [0.15, 0.2) is 9.84 Å². The number of aromatic nitrogens is 1. The van der Waals surface area contributed by atoms with Crippen molar-refractivity contribution in [3.8, 4) is 17.0 Å². The first-order chi connectivity index (χ1) is 18.0. The summed E-state index contributed by atoms with van der Waals surface area (Å²) in [5.41, 5.74) is 2.90. The highest BCUT2D eigenvalue weighted by molar-refractivity contribution is 7.90. The second kappa shape index (κ2) is 10.5. The number of sulfone groups is 1. The minimum Gasteiger partial charge on any atom is -0.487 e. The number of ether oxygens (including phenoxy) is 3. The van der Waals surface area contributed by atoms with Gasteiger partial charge in [0, 0.05) is 44.3 Å². The van der Waals surface area contributed by atoms with Crippen LogP contribution in [0.1, 0.15) is 57.6 Å². The molecule has 0 radical (unpaired) electrons. The van der Waals surface area contributed by atoms with Gasteiger partial charge in [0.05, 0.1) is 23.8 Å². The van der Waals surface area contributed by atoms with Crippen molar-refractivity contribution in [3.05, 3.63) is 47.7 Å². The van der Waals surface area contributed by atoms with Gasteiger partial charge in [-0.15, -0.1) is 0 Å². The molecule has 2 aromatic rings. The minimum absolute atomic E-state index is 0.00223. The Morgan fingerprint density at radius 3 is 2.61 bits per heavy atom. The maximum Gasteiger partial charge on any atom is 0.410 e. The number of hydrogen-bond donors (Lipinski definition) is 0. The zero-order valence-corrected chi connectivity index (χ0v) is 23.4. The molecule has 0 N–H and O–H groups in total. The molecule has 1 amide bonds. The number of piperidine rings is 1. The molecule has 5 rings (SSSR count). The lowest BCUT2D eigenvalue weighted by molar-refractivity contribution is -0.0272. The molecule has 2 fully saturated rings. The lowest BCUT2D eigenvalue weighted by atomic mass is 9.83. The van der Waals surface area contributed by atoms with Crippen LogP contribution < -0.4 is 4.74 Å². The Labute approximate surface area is 225 Å². The first-order valence-electron chi connectivity index (χ1n) is 13.5. The SMILES string of the molecule is CC(C)(C)OC(=O)N1CCC2(CCc3cc(-c4ccc(CS(=O)(=O)CC5CCOC5)cn4)ccc3O2)CC1. The van der Waals surface area contributed by atoms with Gasteiger partial charge < -0.3 is 19.1 Å². The fourth-order valence-electron chi connectivity index (χ4n) is 5.52. The number of carbonyl (C=O) groups excluding carboxylic acids is 1. The summed E-state index contributed by atoms with van der Waals surface area (Å²) in [7, 11) is -3.20. The van der Waals surface area contributed by atoms with E-state index in [1.54, 1.807) is 11.1 Å². The molecule has 1 aromatic heterocycles. The number of hydrogen-bond acceptors (Lipinski definition) is 7. The van der Waals surface area contributed by atoms with Crippen molar-refractivity contribution >= 4 is 15.9 Å². The van der Waals surface area contributed by atoms with Crippen LogP contribution in [0.15, 0.2) is 36.5 Å². The average Bonchev–Trinajstić information content (AvgIpc) is 3.35. The highest BCUT2D eigenvalue weighted by atomic mass is 32.2. The lowest BCUT2D eigenvalue weighted by Crippen LogP contribution is -2.52. The summed E-state index contributed by atoms with van der Waals surface area (Å²) in [6, 6.07) is 9.89. The molecule has 3 aliphatic heterocycles. The Kier molecular flexibility index (Phi) is 7.44. The van der Waals surface area contributed by atoms with E-state index in [1.165, 1.54) is 0 Å². The second-order valence-corrected chi connectivity index (χ2v) is 14.0. The predicted molar refractivity (Wildman–Crippen MR) is 145 cm³/mol. The predicted octanol–water partition coefficient (Wildman–Crippen LogP) is 4.79. The van der Waals surface area contributed by atoms with Crippen molar-refractivity contribution in [2.75, 3.05) is 32.1 Å². The zero-order chi connectivity index (χ0) is 27.0. The van der Waals surface area contributed by atoms with Crippen molar-refractivity contribution in [1.82, 2.24) is 9.88 Å². The molecule has 0 bridgehead atoms. The molecule has 9 heteroatoms. The number of benzene rings is 1. The Hall–Kier alpha value is -2.65. The molecule has 4 heterocycles. The van der Waals surface area contributed by atoms with Gasteiger partial charge in [0.2, 0.25) is 0 Å². The van der Waals surface area contributed by atoms with E-state index in [2.05, 4.69) is 11.1 Å². The van der Waals surface area contributed by atoms with E-state index >= 15 is 0 Å². The van der Waals surface area contributed by atoms with Gasteiger partial charge in [-0.3, -0.25) is 4.98 Å². The van der Waals surface area contributed by atoms with Crippen LogP contribution in [-0.2, 0) is 31.5 Å². The number of nitrogens with zero attached hydrogens (tertiary/aromatic N) is 2. The summed E-state index contributed by atoms with van der Waals surface area (Å²) in [6.45, 7) is 8.09. The fourth-order valence-corrected chi connectivity index (χ4v) is 7.30. The monoisotopic (exact) mass is 542 g/mol. The normalized spacial score (nSPS) is 21.1. The van der Waals surface area contributed by atoms with Crippen LogP contribution in [0, 0.1) is 5.92 Å². The van der Waals surface area contributed by atoms with E-state index in [-0.39, 0.29) is 29.1 Å². The van der Waals surface area contributed by atoms with Crippen LogP contribution in [0.5, 0.6) is 5.75 Å². The number of carbonyl (C=O) groups is 1. The number of rotatable bonds is 5. The Morgan fingerprint density at radius 1 is 1.16 bits per heavy atom. The largest absolute Gasteiger partial charge is 0.487 e. The minimum atomic E-state index is -3.20. The standard InChI is InChI=1S/C29H38N2O6S/c1-28(2,3)37-27(32)31-13-11-29(12-14-31)10-8-24-16-23(5-7-26(24)36-29)25-6-4-21(17-30-25)19-38(33,34)20-22-9-15-35-18-22/h4-7,16-17,22H,8-15,18-20H2,1-3H3. The van der Waals surface area contributed by atoms with Crippen LogP contribution in [0.3, 0.4) is 0 Å². The van der Waals surface area contributed by atoms with Gasteiger partial charge >= 0.3 is 6.09 Å². The number of fused-ring (bicyclic) bond motifs is 1. The van der Waals surface area contributed by atoms with Crippen LogP contribution in [-0.4, -0.2) is 67.7 Å². The molecule has 1 atom stereocenters. The topological polar surface area (TPSA) is 95.0 Å². The van der Waals surface area contributed by atoms with E-state index < -0.39 is 15.4 Å². The van der Waals surface area contributed by atoms with Gasteiger partial charge in [-0.25, -0.2) is 13.2 Å². The number of amides is 1. The van der Waals surface area contributed by atoms with Gasteiger partial charge in [-0.1, -0.05) is 6.07 Å². The zero-order valence-electron chi connectivity index (χ0n) is 22.6. The van der Waals surface area contributed by atoms with E-state index in [1.807, 2.05) is 45.0 Å². The Balaban J connectivity index is 1.19. The van der Waals surface area contributed by atoms with Crippen LogP contribution >= 0.6 is 0 Å². The Morgan fingerprint density at radius 2 is 1.95 bits per heavy atom. The third-order valence-electron chi connectivity index (χ3n) is 7.58.